The minimum Gasteiger partial charge on any atom is -0.378 e. The van der Waals surface area contributed by atoms with Gasteiger partial charge in [-0.2, -0.15) is 0 Å². The summed E-state index contributed by atoms with van der Waals surface area (Å²) in [5.41, 5.74) is 0. The predicted octanol–water partition coefficient (Wildman–Crippen LogP) is 0.288. The number of hydrogen-bond acceptors (Lipinski definition) is 6. The highest BCUT2D eigenvalue weighted by molar-refractivity contribution is 7.15. The summed E-state index contributed by atoms with van der Waals surface area (Å²) in [7, 11) is 0. The van der Waals surface area contributed by atoms with Crippen LogP contribution in [0.15, 0.2) is 0 Å². The van der Waals surface area contributed by atoms with Crippen molar-refractivity contribution in [3.63, 3.8) is 0 Å². The van der Waals surface area contributed by atoms with Crippen molar-refractivity contribution in [2.45, 2.75) is 19.8 Å². The van der Waals surface area contributed by atoms with E-state index >= 15 is 0 Å². The molecule has 1 aliphatic rings. The first-order valence-electron chi connectivity index (χ1n) is 6.21. The van der Waals surface area contributed by atoms with Crippen molar-refractivity contribution in [1.82, 2.24) is 15.1 Å². The van der Waals surface area contributed by atoms with Crippen LogP contribution in [0.1, 0.15) is 18.4 Å². The molecule has 1 N–H and O–H groups in total. The number of hydrogen-bond donors (Lipinski definition) is 1. The first-order chi connectivity index (χ1) is 9.20. The summed E-state index contributed by atoms with van der Waals surface area (Å²) >= 11 is 1.30. The van der Waals surface area contributed by atoms with E-state index in [-0.39, 0.29) is 0 Å². The molecule has 0 aromatic carbocycles. The first-order valence-corrected chi connectivity index (χ1v) is 7.02. The predicted molar refractivity (Wildman–Crippen MR) is 69.9 cm³/mol. The van der Waals surface area contributed by atoms with E-state index in [1.807, 2.05) is 6.92 Å². The third-order valence-electron chi connectivity index (χ3n) is 2.64. The molecule has 2 heterocycles. The number of amides is 2. The summed E-state index contributed by atoms with van der Waals surface area (Å²) in [6.07, 6.45) is 1.79. The van der Waals surface area contributed by atoms with Crippen LogP contribution in [0.4, 0.5) is 5.13 Å². The van der Waals surface area contributed by atoms with Crippen LogP contribution in [0.5, 0.6) is 0 Å². The zero-order chi connectivity index (χ0) is 13.7. The second kappa shape index (κ2) is 6.58. The fourth-order valence-corrected chi connectivity index (χ4v) is 2.52. The Bertz CT molecular complexity index is 457. The van der Waals surface area contributed by atoms with Gasteiger partial charge in [-0.15, -0.1) is 10.2 Å². The van der Waals surface area contributed by atoms with Gasteiger partial charge in [-0.25, -0.2) is 0 Å². The Kier molecular flexibility index (Phi) is 4.80. The van der Waals surface area contributed by atoms with E-state index < -0.39 is 11.8 Å². The maximum atomic E-state index is 11.8. The third kappa shape index (κ3) is 3.71. The van der Waals surface area contributed by atoms with E-state index in [1.165, 1.54) is 16.2 Å². The van der Waals surface area contributed by atoms with E-state index in [0.29, 0.717) is 31.4 Å². The molecule has 2 amide bonds. The van der Waals surface area contributed by atoms with Gasteiger partial charge in [0, 0.05) is 19.5 Å². The molecule has 0 spiro atoms. The van der Waals surface area contributed by atoms with Crippen LogP contribution < -0.4 is 5.32 Å². The standard InChI is InChI=1S/C11H16N4O3S/c1-2-3-8-13-14-11(19-8)12-9(16)10(17)15-4-6-18-7-5-15/h2-7H2,1H3,(H,12,14,16). The highest BCUT2D eigenvalue weighted by atomic mass is 32.1. The summed E-state index contributed by atoms with van der Waals surface area (Å²) < 4.78 is 5.13. The van der Waals surface area contributed by atoms with Crippen LogP contribution in [0.2, 0.25) is 0 Å². The van der Waals surface area contributed by atoms with E-state index in [0.717, 1.165) is 17.8 Å². The minimum absolute atomic E-state index is 0.370. The highest BCUT2D eigenvalue weighted by Crippen LogP contribution is 2.16. The molecular weight excluding hydrogens is 268 g/mol. The van der Waals surface area contributed by atoms with Crippen molar-refractivity contribution in [2.75, 3.05) is 31.6 Å². The Morgan fingerprint density at radius 2 is 2.11 bits per heavy atom. The van der Waals surface area contributed by atoms with Gasteiger partial charge in [0.05, 0.1) is 13.2 Å². The van der Waals surface area contributed by atoms with E-state index in [9.17, 15) is 9.59 Å². The van der Waals surface area contributed by atoms with E-state index in [1.54, 1.807) is 0 Å². The van der Waals surface area contributed by atoms with Crippen molar-refractivity contribution >= 4 is 28.3 Å². The molecule has 1 aromatic rings. The third-order valence-corrected chi connectivity index (χ3v) is 3.54. The Morgan fingerprint density at radius 1 is 1.37 bits per heavy atom. The maximum Gasteiger partial charge on any atom is 0.315 e. The van der Waals surface area contributed by atoms with Gasteiger partial charge in [0.25, 0.3) is 0 Å². The number of aryl methyl sites for hydroxylation is 1. The zero-order valence-corrected chi connectivity index (χ0v) is 11.5. The number of aromatic nitrogens is 2. The zero-order valence-electron chi connectivity index (χ0n) is 10.7. The van der Waals surface area contributed by atoms with Crippen molar-refractivity contribution in [2.24, 2.45) is 0 Å². The topological polar surface area (TPSA) is 84.4 Å². The van der Waals surface area contributed by atoms with Gasteiger partial charge < -0.3 is 9.64 Å². The minimum atomic E-state index is -0.666. The largest absolute Gasteiger partial charge is 0.378 e. The molecule has 19 heavy (non-hydrogen) atoms. The van der Waals surface area contributed by atoms with E-state index in [2.05, 4.69) is 15.5 Å². The smallest absolute Gasteiger partial charge is 0.315 e. The Labute approximate surface area is 115 Å². The summed E-state index contributed by atoms with van der Waals surface area (Å²) in [6, 6.07) is 0. The maximum absolute atomic E-state index is 11.8. The Morgan fingerprint density at radius 3 is 2.79 bits per heavy atom. The molecule has 0 aliphatic carbocycles. The van der Waals surface area contributed by atoms with Gasteiger partial charge in [0.15, 0.2) is 0 Å². The van der Waals surface area contributed by atoms with E-state index in [4.69, 9.17) is 4.74 Å². The molecule has 0 atom stereocenters. The molecule has 104 valence electrons. The normalized spacial score (nSPS) is 15.3. The molecule has 0 unspecified atom stereocenters. The van der Waals surface area contributed by atoms with Crippen LogP contribution in [0, 0.1) is 0 Å². The average Bonchev–Trinajstić information content (AvgIpc) is 2.86. The number of morpholine rings is 1. The van der Waals surface area contributed by atoms with Crippen LogP contribution in [0.3, 0.4) is 0 Å². The number of rotatable bonds is 3. The molecule has 1 fully saturated rings. The molecule has 1 saturated heterocycles. The van der Waals surface area contributed by atoms with Crippen LogP contribution in [-0.2, 0) is 20.7 Å². The van der Waals surface area contributed by atoms with Crippen molar-refractivity contribution in [1.29, 1.82) is 0 Å². The monoisotopic (exact) mass is 284 g/mol. The number of nitrogens with one attached hydrogen (secondary N) is 1. The molecule has 0 saturated carbocycles. The van der Waals surface area contributed by atoms with Gasteiger partial charge in [0.2, 0.25) is 5.13 Å². The number of ether oxygens (including phenoxy) is 1. The lowest BCUT2D eigenvalue weighted by Crippen LogP contribution is -2.45. The lowest BCUT2D eigenvalue weighted by molar-refractivity contribution is -0.145. The SMILES string of the molecule is CCCc1nnc(NC(=O)C(=O)N2CCOCC2)s1. The molecule has 7 nitrogen and oxygen atoms in total. The van der Waals surface area contributed by atoms with Crippen LogP contribution in [-0.4, -0.2) is 53.2 Å². The van der Waals surface area contributed by atoms with Gasteiger partial charge in [0.1, 0.15) is 5.01 Å². The van der Waals surface area contributed by atoms with Gasteiger partial charge in [-0.05, 0) is 6.42 Å². The Hall–Kier alpha value is -1.54. The quantitative estimate of drug-likeness (QED) is 0.806. The molecule has 1 aromatic heterocycles. The highest BCUT2D eigenvalue weighted by Gasteiger charge is 2.24. The summed E-state index contributed by atoms with van der Waals surface area (Å²) in [4.78, 5) is 25.1. The van der Waals surface area contributed by atoms with Gasteiger partial charge in [-0.3, -0.25) is 14.9 Å². The van der Waals surface area contributed by atoms with Gasteiger partial charge >= 0.3 is 11.8 Å². The molecule has 2 rings (SSSR count). The fraction of sp³-hybridized carbons (Fsp3) is 0.636. The number of carbonyl (C=O) groups excluding carboxylic acids is 2. The fourth-order valence-electron chi connectivity index (χ4n) is 1.68. The average molecular weight is 284 g/mol. The Balaban J connectivity index is 1.90. The van der Waals surface area contributed by atoms with Crippen molar-refractivity contribution in [3.05, 3.63) is 5.01 Å². The molecule has 0 bridgehead atoms. The second-order valence-corrected chi connectivity index (χ2v) is 5.17. The summed E-state index contributed by atoms with van der Waals surface area (Å²) in [5.74, 6) is -1.21. The summed E-state index contributed by atoms with van der Waals surface area (Å²) in [5, 5.41) is 11.5. The lowest BCUT2D eigenvalue weighted by Gasteiger charge is -2.25. The lowest BCUT2D eigenvalue weighted by atomic mass is 10.4. The molecular formula is C11H16N4O3S. The van der Waals surface area contributed by atoms with Crippen molar-refractivity contribution in [3.8, 4) is 0 Å². The first kappa shape index (κ1) is 13.9. The molecule has 1 aliphatic heterocycles. The number of nitrogens with zero attached hydrogens (tertiary/aromatic N) is 3. The molecule has 0 radical (unpaired) electrons. The van der Waals surface area contributed by atoms with Crippen molar-refractivity contribution < 1.29 is 14.3 Å². The van der Waals surface area contributed by atoms with Crippen LogP contribution >= 0.6 is 11.3 Å². The number of carbonyl (C=O) groups is 2. The molecule has 8 heteroatoms. The van der Waals surface area contributed by atoms with Gasteiger partial charge in [-0.1, -0.05) is 18.3 Å². The number of anilines is 1. The second-order valence-electron chi connectivity index (χ2n) is 4.11. The van der Waals surface area contributed by atoms with Crippen LogP contribution in [0.25, 0.3) is 0 Å². The summed E-state index contributed by atoms with van der Waals surface area (Å²) in [6.45, 7) is 3.88.